The van der Waals surface area contributed by atoms with Gasteiger partial charge in [0.1, 0.15) is 0 Å². The van der Waals surface area contributed by atoms with Crippen LogP contribution in [0.15, 0.2) is 0 Å². The third kappa shape index (κ3) is 2.22. The summed E-state index contributed by atoms with van der Waals surface area (Å²) in [5.74, 6) is 2.03. The largest absolute Gasteiger partial charge is 0.314 e. The van der Waals surface area contributed by atoms with Gasteiger partial charge < -0.3 is 5.32 Å². The van der Waals surface area contributed by atoms with Crippen LogP contribution >= 0.6 is 0 Å². The van der Waals surface area contributed by atoms with E-state index >= 15 is 0 Å². The maximum atomic E-state index is 3.69. The molecule has 2 aliphatic carbocycles. The van der Waals surface area contributed by atoms with Crippen LogP contribution in [0.25, 0.3) is 0 Å². The van der Waals surface area contributed by atoms with E-state index in [2.05, 4.69) is 12.2 Å². The molecule has 0 heterocycles. The maximum absolute atomic E-state index is 3.69. The van der Waals surface area contributed by atoms with E-state index in [4.69, 9.17) is 0 Å². The summed E-state index contributed by atoms with van der Waals surface area (Å²) in [5, 5.41) is 3.69. The van der Waals surface area contributed by atoms with E-state index < -0.39 is 0 Å². The lowest BCUT2D eigenvalue weighted by Crippen LogP contribution is -2.33. The van der Waals surface area contributed by atoms with Crippen LogP contribution in [0.4, 0.5) is 0 Å². The van der Waals surface area contributed by atoms with Crippen molar-refractivity contribution in [2.45, 2.75) is 51.5 Å². The summed E-state index contributed by atoms with van der Waals surface area (Å²) in [6, 6.07) is 0.785. The van der Waals surface area contributed by atoms with Gasteiger partial charge in [-0.3, -0.25) is 0 Å². The third-order valence-electron chi connectivity index (χ3n) is 3.53. The van der Waals surface area contributed by atoms with E-state index in [1.54, 1.807) is 0 Å². The van der Waals surface area contributed by atoms with Gasteiger partial charge in [-0.15, -0.1) is 0 Å². The summed E-state index contributed by atoms with van der Waals surface area (Å²) >= 11 is 0. The lowest BCUT2D eigenvalue weighted by Gasteiger charge is -2.20. The molecule has 0 amide bonds. The smallest absolute Gasteiger partial charge is 0.00671 e. The van der Waals surface area contributed by atoms with Gasteiger partial charge in [0, 0.05) is 6.04 Å². The fourth-order valence-corrected chi connectivity index (χ4v) is 2.30. The zero-order valence-electron chi connectivity index (χ0n) is 8.18. The standard InChI is InChI=1S/C11H21N/c1-9(11-4-2-3-5-11)12-8-10-6-7-10/h9-12H,2-8H2,1H3/t9-/m0/s1. The van der Waals surface area contributed by atoms with Crippen molar-refractivity contribution in [1.29, 1.82) is 0 Å². The molecule has 0 spiro atoms. The zero-order valence-corrected chi connectivity index (χ0v) is 8.18. The minimum absolute atomic E-state index is 0.785. The normalized spacial score (nSPS) is 27.8. The SMILES string of the molecule is C[C@H](NCC1CC1)C1CCCC1. The second-order valence-electron chi connectivity index (χ2n) is 4.68. The van der Waals surface area contributed by atoms with Crippen LogP contribution < -0.4 is 5.32 Å². The highest BCUT2D eigenvalue weighted by molar-refractivity contribution is 4.81. The van der Waals surface area contributed by atoms with Crippen LogP contribution in [0.3, 0.4) is 0 Å². The van der Waals surface area contributed by atoms with Crippen LogP contribution in [0.1, 0.15) is 45.4 Å². The van der Waals surface area contributed by atoms with Crippen molar-refractivity contribution in [2.75, 3.05) is 6.54 Å². The minimum atomic E-state index is 0.785. The molecule has 0 aromatic heterocycles. The predicted octanol–water partition coefficient (Wildman–Crippen LogP) is 2.56. The van der Waals surface area contributed by atoms with E-state index in [0.717, 1.165) is 17.9 Å². The van der Waals surface area contributed by atoms with Crippen molar-refractivity contribution >= 4 is 0 Å². The van der Waals surface area contributed by atoms with Gasteiger partial charge in [-0.2, -0.15) is 0 Å². The van der Waals surface area contributed by atoms with Gasteiger partial charge in [0.15, 0.2) is 0 Å². The van der Waals surface area contributed by atoms with Crippen molar-refractivity contribution in [3.8, 4) is 0 Å². The van der Waals surface area contributed by atoms with Crippen LogP contribution in [0.2, 0.25) is 0 Å². The van der Waals surface area contributed by atoms with Gasteiger partial charge in [0.05, 0.1) is 0 Å². The van der Waals surface area contributed by atoms with Crippen LogP contribution in [-0.4, -0.2) is 12.6 Å². The molecule has 0 bridgehead atoms. The Balaban J connectivity index is 1.64. The fourth-order valence-electron chi connectivity index (χ4n) is 2.30. The second-order valence-corrected chi connectivity index (χ2v) is 4.68. The quantitative estimate of drug-likeness (QED) is 0.678. The Labute approximate surface area is 75.9 Å². The number of hydrogen-bond donors (Lipinski definition) is 1. The maximum Gasteiger partial charge on any atom is 0.00671 e. The van der Waals surface area contributed by atoms with Crippen LogP contribution in [-0.2, 0) is 0 Å². The highest BCUT2D eigenvalue weighted by Crippen LogP contribution is 2.30. The lowest BCUT2D eigenvalue weighted by atomic mass is 10.00. The molecule has 2 fully saturated rings. The van der Waals surface area contributed by atoms with Gasteiger partial charge in [-0.05, 0) is 51.0 Å². The molecule has 70 valence electrons. The average molecular weight is 167 g/mol. The van der Waals surface area contributed by atoms with Crippen molar-refractivity contribution in [3.05, 3.63) is 0 Å². The van der Waals surface area contributed by atoms with E-state index in [-0.39, 0.29) is 0 Å². The van der Waals surface area contributed by atoms with Gasteiger partial charge >= 0.3 is 0 Å². The topological polar surface area (TPSA) is 12.0 Å². The summed E-state index contributed by atoms with van der Waals surface area (Å²) in [5.41, 5.74) is 0. The highest BCUT2D eigenvalue weighted by atomic mass is 14.9. The summed E-state index contributed by atoms with van der Waals surface area (Å²) in [6.07, 6.45) is 8.84. The van der Waals surface area contributed by atoms with Gasteiger partial charge in [0.2, 0.25) is 0 Å². The van der Waals surface area contributed by atoms with Gasteiger partial charge in [-0.25, -0.2) is 0 Å². The Kier molecular flexibility index (Phi) is 2.69. The average Bonchev–Trinajstić information content (AvgIpc) is 2.74. The van der Waals surface area contributed by atoms with Crippen molar-refractivity contribution < 1.29 is 0 Å². The first kappa shape index (κ1) is 8.55. The van der Waals surface area contributed by atoms with Gasteiger partial charge in [-0.1, -0.05) is 12.8 Å². The molecule has 1 nitrogen and oxygen atoms in total. The molecule has 0 aliphatic heterocycles. The predicted molar refractivity (Wildman–Crippen MR) is 52.1 cm³/mol. The molecule has 2 saturated carbocycles. The first-order valence-electron chi connectivity index (χ1n) is 5.59. The molecule has 0 unspecified atom stereocenters. The Hall–Kier alpha value is -0.0400. The first-order valence-corrected chi connectivity index (χ1v) is 5.59. The molecular formula is C11H21N. The van der Waals surface area contributed by atoms with Crippen molar-refractivity contribution in [1.82, 2.24) is 5.32 Å². The number of nitrogens with one attached hydrogen (secondary N) is 1. The van der Waals surface area contributed by atoms with Gasteiger partial charge in [0.25, 0.3) is 0 Å². The Morgan fingerprint density at radius 1 is 1.17 bits per heavy atom. The van der Waals surface area contributed by atoms with Crippen molar-refractivity contribution in [3.63, 3.8) is 0 Å². The monoisotopic (exact) mass is 167 g/mol. The molecule has 1 heteroatoms. The number of rotatable bonds is 4. The molecule has 2 aliphatic rings. The first-order chi connectivity index (χ1) is 5.86. The van der Waals surface area contributed by atoms with Crippen LogP contribution in [0.5, 0.6) is 0 Å². The zero-order chi connectivity index (χ0) is 8.39. The molecule has 0 radical (unpaired) electrons. The molecular weight excluding hydrogens is 146 g/mol. The summed E-state index contributed by atoms with van der Waals surface area (Å²) < 4.78 is 0. The third-order valence-corrected chi connectivity index (χ3v) is 3.53. The van der Waals surface area contributed by atoms with Crippen LogP contribution in [0, 0.1) is 11.8 Å². The Bertz CT molecular complexity index is 134. The highest BCUT2D eigenvalue weighted by Gasteiger charge is 2.25. The van der Waals surface area contributed by atoms with E-state index in [1.165, 1.54) is 45.1 Å². The molecule has 0 aromatic rings. The molecule has 2 rings (SSSR count). The minimum Gasteiger partial charge on any atom is -0.314 e. The van der Waals surface area contributed by atoms with E-state index in [9.17, 15) is 0 Å². The molecule has 0 aromatic carbocycles. The molecule has 12 heavy (non-hydrogen) atoms. The summed E-state index contributed by atoms with van der Waals surface area (Å²) in [4.78, 5) is 0. The van der Waals surface area contributed by atoms with E-state index in [0.29, 0.717) is 0 Å². The Morgan fingerprint density at radius 2 is 1.83 bits per heavy atom. The summed E-state index contributed by atoms with van der Waals surface area (Å²) in [7, 11) is 0. The number of hydrogen-bond acceptors (Lipinski definition) is 1. The van der Waals surface area contributed by atoms with Crippen molar-refractivity contribution in [2.24, 2.45) is 11.8 Å². The fraction of sp³-hybridized carbons (Fsp3) is 1.00. The summed E-state index contributed by atoms with van der Waals surface area (Å²) in [6.45, 7) is 3.66. The molecule has 0 saturated heterocycles. The lowest BCUT2D eigenvalue weighted by molar-refractivity contribution is 0.377. The molecule has 1 N–H and O–H groups in total. The van der Waals surface area contributed by atoms with E-state index in [1.807, 2.05) is 0 Å². The second kappa shape index (κ2) is 3.78. The Morgan fingerprint density at radius 3 is 2.42 bits per heavy atom. The molecule has 1 atom stereocenters.